The molecule has 0 bridgehead atoms. The van der Waals surface area contributed by atoms with Crippen LogP contribution in [0.15, 0.2) is 23.1 Å². The second-order valence-corrected chi connectivity index (χ2v) is 6.38. The van der Waals surface area contributed by atoms with Gasteiger partial charge in [-0.25, -0.2) is 4.79 Å². The van der Waals surface area contributed by atoms with Crippen molar-refractivity contribution in [2.75, 3.05) is 24.5 Å². The highest BCUT2D eigenvalue weighted by Gasteiger charge is 2.30. The molecule has 1 saturated heterocycles. The second kappa shape index (κ2) is 5.79. The minimum absolute atomic E-state index is 0.0351. The molecule has 1 unspecified atom stereocenters. The number of nitrogens with zero attached hydrogens (tertiary/aromatic N) is 2. The maximum Gasteiger partial charge on any atom is 0.410 e. The number of pyridine rings is 1. The molecule has 1 atom stereocenters. The fourth-order valence-corrected chi connectivity index (χ4v) is 2.41. The van der Waals surface area contributed by atoms with Gasteiger partial charge in [-0.05, 0) is 33.8 Å². The van der Waals surface area contributed by atoms with Gasteiger partial charge in [-0.15, -0.1) is 0 Å². The van der Waals surface area contributed by atoms with Crippen LogP contribution in [0.4, 0.5) is 10.5 Å². The molecule has 2 rings (SSSR count). The van der Waals surface area contributed by atoms with E-state index in [9.17, 15) is 9.59 Å². The van der Waals surface area contributed by atoms with Crippen molar-refractivity contribution < 1.29 is 9.53 Å². The molecule has 1 aromatic rings. The fraction of sp³-hybridized carbons (Fsp3) is 0.600. The van der Waals surface area contributed by atoms with E-state index in [2.05, 4.69) is 9.88 Å². The number of piperazine rings is 1. The number of hydrogen-bond acceptors (Lipinski definition) is 4. The van der Waals surface area contributed by atoms with Crippen LogP contribution >= 0.6 is 0 Å². The maximum atomic E-state index is 12.2. The van der Waals surface area contributed by atoms with Crippen LogP contribution in [0.5, 0.6) is 0 Å². The summed E-state index contributed by atoms with van der Waals surface area (Å²) < 4.78 is 5.42. The molecule has 1 aliphatic heterocycles. The van der Waals surface area contributed by atoms with Crippen molar-refractivity contribution in [3.05, 3.63) is 28.7 Å². The van der Waals surface area contributed by atoms with E-state index in [1.807, 2.05) is 33.8 Å². The van der Waals surface area contributed by atoms with Gasteiger partial charge in [0.1, 0.15) is 5.60 Å². The molecule has 1 aromatic heterocycles. The van der Waals surface area contributed by atoms with Gasteiger partial charge in [0.05, 0.1) is 0 Å². The topological polar surface area (TPSA) is 65.6 Å². The molecule has 0 aliphatic carbocycles. The third kappa shape index (κ3) is 4.00. The Morgan fingerprint density at radius 2 is 2.10 bits per heavy atom. The lowest BCUT2D eigenvalue weighted by molar-refractivity contribution is 0.0159. The Morgan fingerprint density at radius 3 is 2.67 bits per heavy atom. The molecular weight excluding hydrogens is 270 g/mol. The van der Waals surface area contributed by atoms with Crippen molar-refractivity contribution in [2.45, 2.75) is 39.3 Å². The molecule has 1 fully saturated rings. The molecule has 0 spiro atoms. The highest BCUT2D eigenvalue weighted by molar-refractivity contribution is 5.69. The fourth-order valence-electron chi connectivity index (χ4n) is 2.41. The molecule has 2 heterocycles. The van der Waals surface area contributed by atoms with Crippen molar-refractivity contribution in [2.24, 2.45) is 0 Å². The smallest absolute Gasteiger partial charge is 0.410 e. The Morgan fingerprint density at radius 1 is 1.38 bits per heavy atom. The number of ether oxygens (including phenoxy) is 1. The number of rotatable bonds is 1. The Kier molecular flexibility index (Phi) is 4.25. The number of hydrogen-bond donors (Lipinski definition) is 1. The number of aromatic nitrogens is 1. The van der Waals surface area contributed by atoms with E-state index in [-0.39, 0.29) is 17.7 Å². The molecule has 6 nitrogen and oxygen atoms in total. The van der Waals surface area contributed by atoms with E-state index in [4.69, 9.17) is 4.74 Å². The minimum Gasteiger partial charge on any atom is -0.444 e. The summed E-state index contributed by atoms with van der Waals surface area (Å²) in [5, 5.41) is 0. The summed E-state index contributed by atoms with van der Waals surface area (Å²) in [6.45, 7) is 9.54. The molecule has 21 heavy (non-hydrogen) atoms. The van der Waals surface area contributed by atoms with Gasteiger partial charge < -0.3 is 19.5 Å². The van der Waals surface area contributed by atoms with Gasteiger partial charge >= 0.3 is 6.09 Å². The quantitative estimate of drug-likeness (QED) is 0.858. The predicted molar refractivity (Wildman–Crippen MR) is 81.7 cm³/mol. The first-order chi connectivity index (χ1) is 9.76. The summed E-state index contributed by atoms with van der Waals surface area (Å²) in [4.78, 5) is 30.0. The number of nitrogens with one attached hydrogen (secondary N) is 1. The van der Waals surface area contributed by atoms with Crippen LogP contribution in [-0.4, -0.2) is 47.3 Å². The largest absolute Gasteiger partial charge is 0.444 e. The van der Waals surface area contributed by atoms with Gasteiger partial charge in [-0.3, -0.25) is 4.79 Å². The van der Waals surface area contributed by atoms with Gasteiger partial charge in [0.15, 0.2) is 0 Å². The van der Waals surface area contributed by atoms with Gasteiger partial charge in [0.25, 0.3) is 0 Å². The highest BCUT2D eigenvalue weighted by Crippen LogP contribution is 2.19. The molecule has 1 N–H and O–H groups in total. The van der Waals surface area contributed by atoms with E-state index in [0.29, 0.717) is 19.6 Å². The monoisotopic (exact) mass is 293 g/mol. The van der Waals surface area contributed by atoms with Crippen molar-refractivity contribution in [1.29, 1.82) is 0 Å². The molecule has 1 aliphatic rings. The van der Waals surface area contributed by atoms with Crippen molar-refractivity contribution in [3.8, 4) is 0 Å². The molecule has 116 valence electrons. The van der Waals surface area contributed by atoms with Gasteiger partial charge in [0, 0.05) is 43.6 Å². The average Bonchev–Trinajstić information content (AvgIpc) is 2.36. The Hall–Kier alpha value is -1.98. The lowest BCUT2D eigenvalue weighted by Crippen LogP contribution is -2.55. The Balaban J connectivity index is 2.02. The summed E-state index contributed by atoms with van der Waals surface area (Å²) in [7, 11) is 0. The summed E-state index contributed by atoms with van der Waals surface area (Å²) in [5.74, 6) is 0. The predicted octanol–water partition coefficient (Wildman–Crippen LogP) is 1.82. The number of carbonyl (C=O) groups excluding carboxylic acids is 1. The normalized spacial score (nSPS) is 19.5. The summed E-state index contributed by atoms with van der Waals surface area (Å²) >= 11 is 0. The summed E-state index contributed by atoms with van der Waals surface area (Å²) in [5.41, 5.74) is 0.282. The number of aromatic amines is 1. The van der Waals surface area contributed by atoms with Gasteiger partial charge in [-0.2, -0.15) is 0 Å². The number of H-pyrrole nitrogens is 1. The van der Waals surface area contributed by atoms with E-state index in [1.165, 1.54) is 0 Å². The van der Waals surface area contributed by atoms with Crippen LogP contribution < -0.4 is 10.5 Å². The van der Waals surface area contributed by atoms with Crippen LogP contribution in [0.1, 0.15) is 27.7 Å². The van der Waals surface area contributed by atoms with E-state index in [1.54, 1.807) is 17.2 Å². The van der Waals surface area contributed by atoms with Crippen LogP contribution in [0, 0.1) is 0 Å². The average molecular weight is 293 g/mol. The molecule has 0 aromatic carbocycles. The van der Waals surface area contributed by atoms with Gasteiger partial charge in [0.2, 0.25) is 5.56 Å². The van der Waals surface area contributed by atoms with Crippen molar-refractivity contribution in [1.82, 2.24) is 9.88 Å². The third-order valence-corrected chi connectivity index (χ3v) is 3.38. The number of anilines is 1. The zero-order chi connectivity index (χ0) is 15.6. The van der Waals surface area contributed by atoms with E-state index >= 15 is 0 Å². The SMILES string of the molecule is CC1CN(c2cc[nH]c(=O)c2)CCN1C(=O)OC(C)(C)C. The first-order valence-electron chi connectivity index (χ1n) is 7.19. The summed E-state index contributed by atoms with van der Waals surface area (Å²) in [6, 6.07) is 3.49. The second-order valence-electron chi connectivity index (χ2n) is 6.38. The number of amides is 1. The lowest BCUT2D eigenvalue weighted by atomic mass is 10.1. The zero-order valence-electron chi connectivity index (χ0n) is 13.0. The molecule has 0 saturated carbocycles. The molecule has 1 amide bonds. The molecular formula is C15H23N3O3. The van der Waals surface area contributed by atoms with Crippen molar-refractivity contribution >= 4 is 11.8 Å². The lowest BCUT2D eigenvalue weighted by Gasteiger charge is -2.41. The summed E-state index contributed by atoms with van der Waals surface area (Å²) in [6.07, 6.45) is 1.36. The maximum absolute atomic E-state index is 12.2. The van der Waals surface area contributed by atoms with Crippen LogP contribution in [0.2, 0.25) is 0 Å². The van der Waals surface area contributed by atoms with Crippen LogP contribution in [0.3, 0.4) is 0 Å². The molecule has 0 radical (unpaired) electrons. The van der Waals surface area contributed by atoms with Crippen LogP contribution in [-0.2, 0) is 4.74 Å². The molecule has 6 heteroatoms. The standard InChI is InChI=1S/C15H23N3O3/c1-11-10-17(12-5-6-16-13(19)9-12)7-8-18(11)14(20)21-15(2,3)4/h5-6,9,11H,7-8,10H2,1-4H3,(H,16,19). The highest BCUT2D eigenvalue weighted by atomic mass is 16.6. The van der Waals surface area contributed by atoms with Crippen molar-refractivity contribution in [3.63, 3.8) is 0 Å². The zero-order valence-corrected chi connectivity index (χ0v) is 13.0. The van der Waals surface area contributed by atoms with E-state index in [0.717, 1.165) is 5.69 Å². The minimum atomic E-state index is -0.485. The first kappa shape index (κ1) is 15.4. The van der Waals surface area contributed by atoms with Crippen LogP contribution in [0.25, 0.3) is 0 Å². The van der Waals surface area contributed by atoms with Gasteiger partial charge in [-0.1, -0.05) is 0 Å². The third-order valence-electron chi connectivity index (χ3n) is 3.38. The first-order valence-corrected chi connectivity index (χ1v) is 7.19. The number of carbonyl (C=O) groups is 1. The Bertz CT molecular complexity index is 562. The van der Waals surface area contributed by atoms with E-state index < -0.39 is 5.60 Å². The Labute approximate surface area is 124 Å².